The standard InChI is InChI=1S/C17H17BrN2O4S/c1-24-14-6-4-13(5-7-14)20-11-10-16(17(20)21)19-25(22,23)15-8-2-12(18)3-9-15/h2-9,16,19H,10-11H2,1H3/t16-/m0/s1. The van der Waals surface area contributed by atoms with E-state index in [1.807, 2.05) is 0 Å². The molecule has 1 heterocycles. The minimum Gasteiger partial charge on any atom is -0.497 e. The summed E-state index contributed by atoms with van der Waals surface area (Å²) >= 11 is 3.27. The second-order valence-electron chi connectivity index (χ2n) is 5.60. The van der Waals surface area contributed by atoms with E-state index in [-0.39, 0.29) is 10.8 Å². The van der Waals surface area contributed by atoms with E-state index in [1.54, 1.807) is 48.4 Å². The van der Waals surface area contributed by atoms with Crippen molar-refractivity contribution in [2.45, 2.75) is 17.4 Å². The zero-order valence-corrected chi connectivity index (χ0v) is 15.9. The zero-order chi connectivity index (χ0) is 18.0. The number of amides is 1. The Morgan fingerprint density at radius 3 is 2.36 bits per heavy atom. The molecule has 1 aliphatic heterocycles. The summed E-state index contributed by atoms with van der Waals surface area (Å²) in [4.78, 5) is 14.3. The predicted molar refractivity (Wildman–Crippen MR) is 98.2 cm³/mol. The SMILES string of the molecule is COc1ccc(N2CC[C@H](NS(=O)(=O)c3ccc(Br)cc3)C2=O)cc1. The molecule has 2 aromatic rings. The van der Waals surface area contributed by atoms with Gasteiger partial charge in [-0.05, 0) is 55.0 Å². The Morgan fingerprint density at radius 2 is 1.76 bits per heavy atom. The van der Waals surface area contributed by atoms with Gasteiger partial charge in [0, 0.05) is 16.7 Å². The van der Waals surface area contributed by atoms with Crippen molar-refractivity contribution in [2.75, 3.05) is 18.6 Å². The summed E-state index contributed by atoms with van der Waals surface area (Å²) in [6, 6.07) is 12.6. The van der Waals surface area contributed by atoms with Gasteiger partial charge in [-0.25, -0.2) is 8.42 Å². The fourth-order valence-corrected chi connectivity index (χ4v) is 4.16. The number of carbonyl (C=O) groups is 1. The molecule has 2 aromatic carbocycles. The van der Waals surface area contributed by atoms with Crippen molar-refractivity contribution in [3.63, 3.8) is 0 Å². The van der Waals surface area contributed by atoms with Crippen molar-refractivity contribution >= 4 is 37.5 Å². The largest absolute Gasteiger partial charge is 0.497 e. The number of ether oxygens (including phenoxy) is 1. The highest BCUT2D eigenvalue weighted by Crippen LogP contribution is 2.25. The first-order chi connectivity index (χ1) is 11.9. The van der Waals surface area contributed by atoms with Gasteiger partial charge in [-0.2, -0.15) is 4.72 Å². The second kappa shape index (κ2) is 7.15. The number of sulfonamides is 1. The molecule has 0 unspecified atom stereocenters. The van der Waals surface area contributed by atoms with Gasteiger partial charge in [-0.15, -0.1) is 0 Å². The maximum Gasteiger partial charge on any atom is 0.245 e. The van der Waals surface area contributed by atoms with Gasteiger partial charge in [0.15, 0.2) is 0 Å². The molecule has 1 aliphatic rings. The lowest BCUT2D eigenvalue weighted by atomic mass is 10.2. The Labute approximate surface area is 155 Å². The molecule has 1 N–H and O–H groups in total. The van der Waals surface area contributed by atoms with E-state index in [0.717, 1.165) is 10.2 Å². The molecule has 0 spiro atoms. The number of carbonyl (C=O) groups excluding carboxylic acids is 1. The third kappa shape index (κ3) is 3.86. The average molecular weight is 425 g/mol. The molecule has 3 rings (SSSR count). The number of nitrogens with one attached hydrogen (secondary N) is 1. The third-order valence-corrected chi connectivity index (χ3v) is 6.03. The van der Waals surface area contributed by atoms with Gasteiger partial charge < -0.3 is 9.64 Å². The highest BCUT2D eigenvalue weighted by molar-refractivity contribution is 9.10. The Bertz CT molecular complexity index is 867. The Hall–Kier alpha value is -1.90. The minimum absolute atomic E-state index is 0.131. The number of nitrogens with zero attached hydrogens (tertiary/aromatic N) is 1. The summed E-state index contributed by atoms with van der Waals surface area (Å²) < 4.78 is 33.3. The number of methoxy groups -OCH3 is 1. The lowest BCUT2D eigenvalue weighted by Gasteiger charge is -2.17. The Balaban J connectivity index is 1.74. The molecule has 0 radical (unpaired) electrons. The van der Waals surface area contributed by atoms with Crippen LogP contribution in [0, 0.1) is 0 Å². The number of hydrogen-bond acceptors (Lipinski definition) is 4. The summed E-state index contributed by atoms with van der Waals surface area (Å²) in [5.41, 5.74) is 0.719. The van der Waals surface area contributed by atoms with E-state index < -0.39 is 16.1 Å². The van der Waals surface area contributed by atoms with Crippen LogP contribution < -0.4 is 14.4 Å². The van der Waals surface area contributed by atoms with Crippen LogP contribution in [0.15, 0.2) is 57.9 Å². The molecule has 0 bridgehead atoms. The van der Waals surface area contributed by atoms with E-state index in [1.165, 1.54) is 12.1 Å². The van der Waals surface area contributed by atoms with Crippen molar-refractivity contribution in [1.82, 2.24) is 4.72 Å². The first-order valence-corrected chi connectivity index (χ1v) is 9.91. The summed E-state index contributed by atoms with van der Waals surface area (Å²) in [6.45, 7) is 0.457. The van der Waals surface area contributed by atoms with Crippen molar-refractivity contribution in [3.8, 4) is 5.75 Å². The summed E-state index contributed by atoms with van der Waals surface area (Å²) in [5.74, 6) is 0.439. The Kier molecular flexibility index (Phi) is 5.12. The molecule has 0 aromatic heterocycles. The van der Waals surface area contributed by atoms with Crippen molar-refractivity contribution < 1.29 is 17.9 Å². The monoisotopic (exact) mass is 424 g/mol. The summed E-state index contributed by atoms with van der Waals surface area (Å²) in [5, 5.41) is 0. The topological polar surface area (TPSA) is 75.7 Å². The van der Waals surface area contributed by atoms with Crippen molar-refractivity contribution in [2.24, 2.45) is 0 Å². The van der Waals surface area contributed by atoms with E-state index in [9.17, 15) is 13.2 Å². The maximum atomic E-state index is 12.6. The van der Waals surface area contributed by atoms with Gasteiger partial charge in [0.2, 0.25) is 15.9 Å². The molecule has 1 atom stereocenters. The highest BCUT2D eigenvalue weighted by atomic mass is 79.9. The van der Waals surface area contributed by atoms with Gasteiger partial charge in [0.25, 0.3) is 0 Å². The molecule has 1 amide bonds. The van der Waals surface area contributed by atoms with Crippen LogP contribution in [0.25, 0.3) is 0 Å². The fourth-order valence-electron chi connectivity index (χ4n) is 2.68. The third-order valence-electron chi connectivity index (χ3n) is 4.01. The molecular weight excluding hydrogens is 408 g/mol. The second-order valence-corrected chi connectivity index (χ2v) is 8.23. The summed E-state index contributed by atoms with van der Waals surface area (Å²) in [6.07, 6.45) is 0.417. The lowest BCUT2D eigenvalue weighted by molar-refractivity contribution is -0.118. The average Bonchev–Trinajstić information content (AvgIpc) is 2.95. The molecule has 6 nitrogen and oxygen atoms in total. The number of anilines is 1. The first kappa shape index (κ1) is 17.9. The van der Waals surface area contributed by atoms with E-state index in [2.05, 4.69) is 20.7 Å². The number of benzene rings is 2. The fraction of sp³-hybridized carbons (Fsp3) is 0.235. The molecule has 8 heteroatoms. The lowest BCUT2D eigenvalue weighted by Crippen LogP contribution is -2.41. The van der Waals surface area contributed by atoms with Crippen LogP contribution in [-0.2, 0) is 14.8 Å². The van der Waals surface area contributed by atoms with Crippen LogP contribution in [-0.4, -0.2) is 34.0 Å². The quantitative estimate of drug-likeness (QED) is 0.799. The molecule has 1 saturated heterocycles. The van der Waals surface area contributed by atoms with Crippen molar-refractivity contribution in [1.29, 1.82) is 0 Å². The van der Waals surface area contributed by atoms with Crippen LogP contribution in [0.4, 0.5) is 5.69 Å². The van der Waals surface area contributed by atoms with Gasteiger partial charge in [0.1, 0.15) is 11.8 Å². The molecular formula is C17H17BrN2O4S. The molecule has 0 saturated carbocycles. The molecule has 0 aliphatic carbocycles. The van der Waals surface area contributed by atoms with Gasteiger partial charge in [0.05, 0.1) is 12.0 Å². The zero-order valence-electron chi connectivity index (χ0n) is 13.5. The molecule has 25 heavy (non-hydrogen) atoms. The smallest absolute Gasteiger partial charge is 0.245 e. The Morgan fingerprint density at radius 1 is 1.12 bits per heavy atom. The van der Waals surface area contributed by atoms with Crippen molar-refractivity contribution in [3.05, 3.63) is 53.0 Å². The van der Waals surface area contributed by atoms with E-state index in [0.29, 0.717) is 18.7 Å². The molecule has 1 fully saturated rings. The van der Waals surface area contributed by atoms with Crippen LogP contribution in [0.5, 0.6) is 5.75 Å². The van der Waals surface area contributed by atoms with E-state index in [4.69, 9.17) is 4.74 Å². The van der Waals surface area contributed by atoms with Gasteiger partial charge >= 0.3 is 0 Å². The maximum absolute atomic E-state index is 12.6. The van der Waals surface area contributed by atoms with Crippen LogP contribution >= 0.6 is 15.9 Å². The van der Waals surface area contributed by atoms with Crippen LogP contribution in [0.2, 0.25) is 0 Å². The number of halogens is 1. The highest BCUT2D eigenvalue weighted by Gasteiger charge is 2.35. The number of hydrogen-bond donors (Lipinski definition) is 1. The molecule has 132 valence electrons. The van der Waals surface area contributed by atoms with E-state index >= 15 is 0 Å². The normalized spacial score (nSPS) is 17.8. The van der Waals surface area contributed by atoms with Gasteiger partial charge in [-0.1, -0.05) is 15.9 Å². The predicted octanol–water partition coefficient (Wildman–Crippen LogP) is 2.54. The van der Waals surface area contributed by atoms with Crippen LogP contribution in [0.3, 0.4) is 0 Å². The summed E-state index contributed by atoms with van der Waals surface area (Å²) in [7, 11) is -2.18. The van der Waals surface area contributed by atoms with Crippen LogP contribution in [0.1, 0.15) is 6.42 Å². The van der Waals surface area contributed by atoms with Gasteiger partial charge in [-0.3, -0.25) is 4.79 Å². The minimum atomic E-state index is -3.75. The first-order valence-electron chi connectivity index (χ1n) is 7.64. The number of rotatable bonds is 5.